The van der Waals surface area contributed by atoms with E-state index in [2.05, 4.69) is 176 Å². The lowest BCUT2D eigenvalue weighted by Crippen LogP contribution is -2.16. The maximum absolute atomic E-state index is 7.09. The van der Waals surface area contributed by atoms with E-state index in [1.165, 1.54) is 33.4 Å². The van der Waals surface area contributed by atoms with E-state index in [9.17, 15) is 0 Å². The van der Waals surface area contributed by atoms with Crippen LogP contribution in [0.2, 0.25) is 0 Å². The first-order valence-corrected chi connectivity index (χ1v) is 18.6. The van der Waals surface area contributed by atoms with Gasteiger partial charge >= 0.3 is 0 Å². The number of benzene rings is 8. The number of anilines is 3. The average Bonchev–Trinajstić information content (AvgIpc) is 3.87. The first kappa shape index (κ1) is 30.8. The minimum Gasteiger partial charge on any atom is -0.456 e. The minimum absolute atomic E-state index is 0.148. The van der Waals surface area contributed by atoms with Crippen LogP contribution in [0.3, 0.4) is 0 Å². The van der Waals surface area contributed by atoms with Crippen molar-refractivity contribution in [1.82, 2.24) is 0 Å². The summed E-state index contributed by atoms with van der Waals surface area (Å²) >= 11 is 0. The Labute approximate surface area is 313 Å². The van der Waals surface area contributed by atoms with Gasteiger partial charge in [-0.1, -0.05) is 141 Å². The van der Waals surface area contributed by atoms with Gasteiger partial charge in [0.15, 0.2) is 5.58 Å². The van der Waals surface area contributed by atoms with E-state index in [1.54, 1.807) is 0 Å². The van der Waals surface area contributed by atoms with Crippen LogP contribution < -0.4 is 4.90 Å². The lowest BCUT2D eigenvalue weighted by molar-refractivity contribution is 0.660. The summed E-state index contributed by atoms with van der Waals surface area (Å²) in [6, 6.07) is 62.8. The van der Waals surface area contributed by atoms with Crippen LogP contribution in [0.5, 0.6) is 0 Å². The molecule has 0 unspecified atom stereocenters. The second-order valence-corrected chi connectivity index (χ2v) is 14.9. The second kappa shape index (κ2) is 11.6. The predicted octanol–water partition coefficient (Wildman–Crippen LogP) is 14.6. The number of nitrogens with zero attached hydrogens (tertiary/aromatic N) is 1. The van der Waals surface area contributed by atoms with Crippen LogP contribution >= 0.6 is 0 Å². The van der Waals surface area contributed by atoms with E-state index in [0.29, 0.717) is 0 Å². The van der Waals surface area contributed by atoms with Crippen molar-refractivity contribution in [2.45, 2.75) is 19.3 Å². The zero-order valence-corrected chi connectivity index (χ0v) is 30.0. The molecule has 3 nitrogen and oxygen atoms in total. The van der Waals surface area contributed by atoms with Gasteiger partial charge in [-0.15, -0.1) is 0 Å². The predicted molar refractivity (Wildman–Crippen MR) is 224 cm³/mol. The fourth-order valence-corrected chi connectivity index (χ4v) is 8.89. The van der Waals surface area contributed by atoms with Crippen molar-refractivity contribution < 1.29 is 8.83 Å². The van der Waals surface area contributed by atoms with Crippen LogP contribution in [0.4, 0.5) is 17.1 Å². The highest BCUT2D eigenvalue weighted by atomic mass is 16.3. The molecule has 1 aliphatic carbocycles. The van der Waals surface area contributed by atoms with E-state index in [4.69, 9.17) is 8.83 Å². The monoisotopic (exact) mass is 693 g/mol. The number of hydrogen-bond donors (Lipinski definition) is 0. The molecule has 0 radical (unpaired) electrons. The molecular formula is C51H35NO2. The lowest BCUT2D eigenvalue weighted by atomic mass is 9.82. The molecule has 3 heteroatoms. The number of rotatable bonds is 5. The van der Waals surface area contributed by atoms with Gasteiger partial charge in [0.05, 0.1) is 5.69 Å². The van der Waals surface area contributed by atoms with Gasteiger partial charge in [-0.3, -0.25) is 0 Å². The Morgan fingerprint density at radius 1 is 0.407 bits per heavy atom. The van der Waals surface area contributed by atoms with Crippen molar-refractivity contribution in [3.8, 4) is 33.4 Å². The number of hydrogen-bond acceptors (Lipinski definition) is 3. The summed E-state index contributed by atoms with van der Waals surface area (Å²) in [5.74, 6) is 0. The maximum Gasteiger partial charge on any atom is 0.160 e. The Kier molecular flexibility index (Phi) is 6.60. The molecule has 10 aromatic rings. The van der Waals surface area contributed by atoms with E-state index >= 15 is 0 Å². The van der Waals surface area contributed by atoms with E-state index < -0.39 is 0 Å². The highest BCUT2D eigenvalue weighted by Crippen LogP contribution is 2.52. The molecule has 11 rings (SSSR count). The Balaban J connectivity index is 1.21. The molecule has 0 amide bonds. The highest BCUT2D eigenvalue weighted by molar-refractivity contribution is 6.29. The first-order chi connectivity index (χ1) is 26.5. The molecule has 54 heavy (non-hydrogen) atoms. The molecule has 1 aliphatic rings. The normalized spacial score (nSPS) is 13.1. The molecule has 0 bridgehead atoms. The number of furan rings is 2. The van der Waals surface area contributed by atoms with Crippen LogP contribution in [0, 0.1) is 0 Å². The molecule has 8 aromatic carbocycles. The van der Waals surface area contributed by atoms with Gasteiger partial charge in [0.1, 0.15) is 16.7 Å². The topological polar surface area (TPSA) is 29.5 Å². The molecule has 0 saturated heterocycles. The molecule has 0 N–H and O–H groups in total. The van der Waals surface area contributed by atoms with Crippen LogP contribution in [-0.2, 0) is 5.41 Å². The van der Waals surface area contributed by atoms with E-state index in [-0.39, 0.29) is 5.41 Å². The fourth-order valence-electron chi connectivity index (χ4n) is 8.89. The summed E-state index contributed by atoms with van der Waals surface area (Å²) in [6.07, 6.45) is 0. The summed E-state index contributed by atoms with van der Waals surface area (Å²) < 4.78 is 13.5. The van der Waals surface area contributed by atoms with Crippen LogP contribution in [0.25, 0.3) is 77.3 Å². The van der Waals surface area contributed by atoms with Crippen molar-refractivity contribution in [3.05, 3.63) is 187 Å². The smallest absolute Gasteiger partial charge is 0.160 e. The Morgan fingerprint density at radius 3 is 1.81 bits per heavy atom. The summed E-state index contributed by atoms with van der Waals surface area (Å²) in [4.78, 5) is 2.37. The number of para-hydroxylation sites is 1. The van der Waals surface area contributed by atoms with Crippen LogP contribution in [0.1, 0.15) is 25.0 Å². The second-order valence-electron chi connectivity index (χ2n) is 14.9. The summed E-state index contributed by atoms with van der Waals surface area (Å²) in [7, 11) is 0. The Bertz CT molecular complexity index is 3060. The molecular weight excluding hydrogens is 659 g/mol. The first-order valence-electron chi connectivity index (χ1n) is 18.6. The maximum atomic E-state index is 7.09. The van der Waals surface area contributed by atoms with Gasteiger partial charge in [-0.25, -0.2) is 0 Å². The third-order valence-electron chi connectivity index (χ3n) is 11.5. The van der Waals surface area contributed by atoms with Gasteiger partial charge in [-0.2, -0.15) is 0 Å². The van der Waals surface area contributed by atoms with Crippen LogP contribution in [0.15, 0.2) is 185 Å². The summed E-state index contributed by atoms with van der Waals surface area (Å²) in [5.41, 5.74) is 16.2. The highest BCUT2D eigenvalue weighted by Gasteiger charge is 2.36. The summed E-state index contributed by atoms with van der Waals surface area (Å²) in [5, 5.41) is 4.30. The molecule has 0 atom stereocenters. The van der Waals surface area contributed by atoms with Crippen LogP contribution in [-0.4, -0.2) is 0 Å². The number of fused-ring (bicyclic) bond motifs is 10. The fraction of sp³-hybridized carbons (Fsp3) is 0.0588. The van der Waals surface area contributed by atoms with Crippen molar-refractivity contribution >= 4 is 60.9 Å². The zero-order valence-electron chi connectivity index (χ0n) is 30.0. The molecule has 0 fully saturated rings. The molecule has 2 heterocycles. The standard InChI is InChI=1S/C51H35NO2/c1-51(2)41-19-11-9-17-38(41)39-26-25-36(31-42(39)51)52(35-23-21-33(22-24-35)32-13-5-3-6-14-32)43-28-27-37(34-15-7-4-8-16-34)48-49-46(54-50(43)48)30-29-45-47(49)40-18-10-12-20-44(40)53-45/h3-31H,1-2H3. The third-order valence-corrected chi connectivity index (χ3v) is 11.5. The molecule has 0 saturated carbocycles. The Hall–Kier alpha value is -6.84. The zero-order chi connectivity index (χ0) is 36.0. The van der Waals surface area contributed by atoms with Crippen molar-refractivity contribution in [2.75, 3.05) is 4.90 Å². The van der Waals surface area contributed by atoms with Crippen molar-refractivity contribution in [1.29, 1.82) is 0 Å². The van der Waals surface area contributed by atoms with Gasteiger partial charge in [-0.05, 0) is 93.0 Å². The SMILES string of the molecule is CC1(C)c2ccccc2-c2ccc(N(c3ccc(-c4ccccc4)cc3)c3ccc(-c4ccccc4)c4c3oc3ccc5oc6ccccc6c5c34)cc21. The lowest BCUT2D eigenvalue weighted by Gasteiger charge is -2.28. The molecule has 0 aliphatic heterocycles. The quantitative estimate of drug-likeness (QED) is 0.180. The van der Waals surface area contributed by atoms with E-state index in [1.807, 2.05) is 18.2 Å². The molecule has 2 aromatic heterocycles. The summed E-state index contributed by atoms with van der Waals surface area (Å²) in [6.45, 7) is 4.68. The largest absolute Gasteiger partial charge is 0.456 e. The van der Waals surface area contributed by atoms with Crippen molar-refractivity contribution in [3.63, 3.8) is 0 Å². The van der Waals surface area contributed by atoms with Gasteiger partial charge < -0.3 is 13.7 Å². The van der Waals surface area contributed by atoms with Gasteiger partial charge in [0, 0.05) is 38.3 Å². The average molecular weight is 694 g/mol. The van der Waals surface area contributed by atoms with E-state index in [0.717, 1.165) is 72.1 Å². The van der Waals surface area contributed by atoms with Gasteiger partial charge in [0.2, 0.25) is 0 Å². The minimum atomic E-state index is -0.148. The molecule has 0 spiro atoms. The molecule has 256 valence electrons. The van der Waals surface area contributed by atoms with Gasteiger partial charge in [0.25, 0.3) is 0 Å². The third kappa shape index (κ3) is 4.48. The van der Waals surface area contributed by atoms with Crippen molar-refractivity contribution in [2.24, 2.45) is 0 Å². The Morgan fingerprint density at radius 2 is 1.02 bits per heavy atom.